The van der Waals surface area contributed by atoms with Crippen molar-refractivity contribution < 1.29 is 14.3 Å². The maximum Gasteiger partial charge on any atom is 0.273 e. The van der Waals surface area contributed by atoms with Crippen molar-refractivity contribution in [3.8, 4) is 22.8 Å². The van der Waals surface area contributed by atoms with Gasteiger partial charge in [-0.3, -0.25) is 9.89 Å². The van der Waals surface area contributed by atoms with Gasteiger partial charge in [0.15, 0.2) is 0 Å². The molecule has 0 aliphatic carbocycles. The van der Waals surface area contributed by atoms with E-state index in [-0.39, 0.29) is 11.9 Å². The van der Waals surface area contributed by atoms with Crippen molar-refractivity contribution in [2.24, 2.45) is 0 Å². The van der Waals surface area contributed by atoms with Crippen LogP contribution in [0.15, 0.2) is 67.3 Å². The van der Waals surface area contributed by atoms with Gasteiger partial charge in [-0.2, -0.15) is 5.10 Å². The highest BCUT2D eigenvalue weighted by molar-refractivity contribution is 6.00. The molecule has 0 fully saturated rings. The zero-order chi connectivity index (χ0) is 24.2. The number of aromatic amines is 1. The first-order valence-electron chi connectivity index (χ1n) is 11.9. The van der Waals surface area contributed by atoms with E-state index in [1.807, 2.05) is 58.1 Å². The average Bonchev–Trinajstić information content (AvgIpc) is 3.62. The number of carbonyl (C=O) groups is 1. The number of hydrogen-bond donors (Lipinski definition) is 1. The lowest BCUT2D eigenvalue weighted by molar-refractivity contribution is 0.0739. The molecule has 1 aliphatic rings. The summed E-state index contributed by atoms with van der Waals surface area (Å²) in [6.07, 6.45) is 7.24. The Bertz CT molecular complexity index is 1280. The molecule has 8 heteroatoms. The largest absolute Gasteiger partial charge is 0.497 e. The Morgan fingerprint density at radius 3 is 2.69 bits per heavy atom. The van der Waals surface area contributed by atoms with Gasteiger partial charge in [-0.05, 0) is 54.8 Å². The van der Waals surface area contributed by atoms with E-state index >= 15 is 0 Å². The first-order chi connectivity index (χ1) is 17.2. The molecule has 3 heterocycles. The van der Waals surface area contributed by atoms with Crippen LogP contribution in [-0.2, 0) is 6.54 Å². The van der Waals surface area contributed by atoms with Gasteiger partial charge >= 0.3 is 0 Å². The molecule has 4 aromatic rings. The van der Waals surface area contributed by atoms with Crippen LogP contribution < -0.4 is 9.47 Å². The molecule has 1 amide bonds. The van der Waals surface area contributed by atoms with E-state index < -0.39 is 0 Å². The summed E-state index contributed by atoms with van der Waals surface area (Å²) in [4.78, 5) is 19.6. The van der Waals surface area contributed by atoms with E-state index in [2.05, 4.69) is 28.2 Å². The van der Waals surface area contributed by atoms with E-state index in [1.165, 1.54) is 0 Å². The number of aromatic nitrogens is 4. The minimum atomic E-state index is -0.263. The van der Waals surface area contributed by atoms with Crippen molar-refractivity contribution >= 4 is 5.91 Å². The van der Waals surface area contributed by atoms with E-state index in [1.54, 1.807) is 19.6 Å². The van der Waals surface area contributed by atoms with E-state index in [0.29, 0.717) is 18.8 Å². The van der Waals surface area contributed by atoms with E-state index in [0.717, 1.165) is 53.3 Å². The summed E-state index contributed by atoms with van der Waals surface area (Å²) in [5.74, 6) is 1.54. The number of aryl methyl sites for hydroxylation is 1. The molecular formula is C27H29N5O3. The van der Waals surface area contributed by atoms with Crippen LogP contribution in [0.2, 0.25) is 0 Å². The van der Waals surface area contributed by atoms with Gasteiger partial charge in [0.05, 0.1) is 31.8 Å². The van der Waals surface area contributed by atoms with Crippen LogP contribution in [0.25, 0.3) is 11.3 Å². The molecule has 35 heavy (non-hydrogen) atoms. The topological polar surface area (TPSA) is 85.3 Å². The fourth-order valence-corrected chi connectivity index (χ4v) is 4.58. The molecule has 1 atom stereocenters. The predicted octanol–water partition coefficient (Wildman–Crippen LogP) is 4.71. The van der Waals surface area contributed by atoms with E-state index in [9.17, 15) is 4.79 Å². The monoisotopic (exact) mass is 471 g/mol. The quantitative estimate of drug-likeness (QED) is 0.362. The summed E-state index contributed by atoms with van der Waals surface area (Å²) < 4.78 is 13.2. The number of ether oxygens (including phenoxy) is 2. The Hall–Kier alpha value is -4.07. The number of hydrogen-bond acceptors (Lipinski definition) is 5. The summed E-state index contributed by atoms with van der Waals surface area (Å²) in [6, 6.07) is 15.5. The fourth-order valence-electron chi connectivity index (χ4n) is 4.58. The molecule has 1 aliphatic heterocycles. The van der Waals surface area contributed by atoms with Crippen molar-refractivity contribution in [3.63, 3.8) is 0 Å². The summed E-state index contributed by atoms with van der Waals surface area (Å²) >= 11 is 0. The van der Waals surface area contributed by atoms with Crippen LogP contribution >= 0.6 is 0 Å². The highest BCUT2D eigenvalue weighted by Crippen LogP contribution is 2.43. The van der Waals surface area contributed by atoms with Crippen LogP contribution in [0.1, 0.15) is 47.4 Å². The number of amides is 1. The van der Waals surface area contributed by atoms with Gasteiger partial charge in [0.2, 0.25) is 0 Å². The molecule has 0 bridgehead atoms. The van der Waals surface area contributed by atoms with E-state index in [4.69, 9.17) is 9.47 Å². The van der Waals surface area contributed by atoms with Gasteiger partial charge < -0.3 is 18.9 Å². The van der Waals surface area contributed by atoms with Crippen LogP contribution in [0.4, 0.5) is 0 Å². The van der Waals surface area contributed by atoms with Gasteiger partial charge in [0.1, 0.15) is 17.2 Å². The smallest absolute Gasteiger partial charge is 0.273 e. The normalized spacial score (nSPS) is 14.9. The van der Waals surface area contributed by atoms with Gasteiger partial charge in [0.25, 0.3) is 5.91 Å². The molecular weight excluding hydrogens is 442 g/mol. The van der Waals surface area contributed by atoms with Crippen LogP contribution in [-0.4, -0.2) is 50.8 Å². The van der Waals surface area contributed by atoms with Crippen LogP contribution in [0, 0.1) is 0 Å². The molecule has 5 rings (SSSR count). The highest BCUT2D eigenvalue weighted by atomic mass is 16.5. The summed E-state index contributed by atoms with van der Waals surface area (Å²) in [5.41, 5.74) is 4.15. The van der Waals surface area contributed by atoms with Crippen LogP contribution in [0.3, 0.4) is 0 Å². The number of imidazole rings is 1. The molecule has 2 aromatic carbocycles. The number of nitrogens with zero attached hydrogens (tertiary/aromatic N) is 4. The lowest BCUT2D eigenvalue weighted by Gasteiger charge is -2.27. The second-order valence-corrected chi connectivity index (χ2v) is 8.57. The zero-order valence-corrected chi connectivity index (χ0v) is 20.0. The van der Waals surface area contributed by atoms with Gasteiger partial charge in [-0.1, -0.05) is 19.1 Å². The summed E-state index contributed by atoms with van der Waals surface area (Å²) in [7, 11) is 1.64. The number of H-pyrrole nitrogens is 1. The Labute approximate surface area is 204 Å². The average molecular weight is 472 g/mol. The third kappa shape index (κ3) is 4.51. The summed E-state index contributed by atoms with van der Waals surface area (Å²) in [5, 5.41) is 7.59. The van der Waals surface area contributed by atoms with Crippen LogP contribution in [0.5, 0.6) is 11.5 Å². The maximum absolute atomic E-state index is 13.6. The number of benzene rings is 2. The Morgan fingerprint density at radius 2 is 1.94 bits per heavy atom. The lowest BCUT2D eigenvalue weighted by atomic mass is 9.96. The fraction of sp³-hybridized carbons (Fsp3) is 0.296. The van der Waals surface area contributed by atoms with Crippen molar-refractivity contribution in [1.29, 1.82) is 0 Å². The van der Waals surface area contributed by atoms with Gasteiger partial charge in [-0.25, -0.2) is 4.98 Å². The molecule has 1 N–H and O–H groups in total. The molecule has 8 nitrogen and oxygen atoms in total. The van der Waals surface area contributed by atoms with Crippen molar-refractivity contribution in [3.05, 3.63) is 84.1 Å². The molecule has 2 aromatic heterocycles. The first kappa shape index (κ1) is 22.7. The Kier molecular flexibility index (Phi) is 6.52. The third-order valence-electron chi connectivity index (χ3n) is 6.25. The first-order valence-corrected chi connectivity index (χ1v) is 11.9. The maximum atomic E-state index is 13.6. The molecule has 180 valence electrons. The van der Waals surface area contributed by atoms with Gasteiger partial charge in [0, 0.05) is 36.6 Å². The number of methoxy groups -OCH3 is 1. The SMILES string of the molecule is CCCOc1cccc(C2c3c(-c4ccc(OC)cc4)n[nH]c3C(=O)N2CCCn2ccnc2)c1. The minimum absolute atomic E-state index is 0.0391. The Morgan fingerprint density at radius 1 is 1.09 bits per heavy atom. The Balaban J connectivity index is 1.52. The van der Waals surface area contributed by atoms with Crippen molar-refractivity contribution in [2.75, 3.05) is 20.3 Å². The second-order valence-electron chi connectivity index (χ2n) is 8.57. The molecule has 0 radical (unpaired) electrons. The zero-order valence-electron chi connectivity index (χ0n) is 20.0. The predicted molar refractivity (Wildman–Crippen MR) is 133 cm³/mol. The number of fused-ring (bicyclic) bond motifs is 1. The lowest BCUT2D eigenvalue weighted by Crippen LogP contribution is -2.31. The molecule has 0 saturated carbocycles. The van der Waals surface area contributed by atoms with Gasteiger partial charge in [-0.15, -0.1) is 0 Å². The minimum Gasteiger partial charge on any atom is -0.497 e. The second kappa shape index (κ2) is 10.0. The number of carbonyl (C=O) groups excluding carboxylic acids is 1. The molecule has 1 unspecified atom stereocenters. The highest BCUT2D eigenvalue weighted by Gasteiger charge is 2.42. The number of nitrogens with one attached hydrogen (secondary N) is 1. The van der Waals surface area contributed by atoms with Crippen molar-refractivity contribution in [1.82, 2.24) is 24.6 Å². The number of rotatable bonds is 10. The van der Waals surface area contributed by atoms with Crippen molar-refractivity contribution in [2.45, 2.75) is 32.4 Å². The molecule has 0 spiro atoms. The standard InChI is InChI=1S/C27H29N5O3/c1-3-16-35-22-7-4-6-20(17-22)26-23-24(19-8-10-21(34-2)11-9-19)29-30-25(23)27(33)32(26)14-5-13-31-15-12-28-18-31/h4,6-12,15,17-18,26H,3,5,13-14,16H2,1-2H3,(H,29,30). The molecule has 0 saturated heterocycles. The third-order valence-corrected chi connectivity index (χ3v) is 6.25. The summed E-state index contributed by atoms with van der Waals surface area (Å²) in [6.45, 7) is 4.12.